The molecule has 1 unspecified atom stereocenters. The fraction of sp³-hybridized carbons (Fsp3) is 0.250. The Bertz CT molecular complexity index is 1250. The first-order chi connectivity index (χ1) is 15.5. The molecule has 5 nitrogen and oxygen atoms in total. The summed E-state index contributed by atoms with van der Waals surface area (Å²) in [6, 6.07) is 14.0. The van der Waals surface area contributed by atoms with Gasteiger partial charge in [0.2, 0.25) is 5.91 Å². The number of nitrogens with one attached hydrogen (secondary N) is 2. The van der Waals surface area contributed by atoms with E-state index in [2.05, 4.69) is 5.32 Å². The second-order valence-electron chi connectivity index (χ2n) is 8.15. The molecule has 1 saturated carbocycles. The Hall–Kier alpha value is -3.62. The van der Waals surface area contributed by atoms with Gasteiger partial charge >= 0.3 is 12.1 Å². The van der Waals surface area contributed by atoms with E-state index in [0.29, 0.717) is 11.1 Å². The molecule has 3 aromatic rings. The van der Waals surface area contributed by atoms with Gasteiger partial charge in [-0.05, 0) is 48.2 Å². The average molecular weight is 460 g/mol. The highest BCUT2D eigenvalue weighted by Gasteiger charge is 2.55. The fourth-order valence-corrected chi connectivity index (χ4v) is 3.83. The van der Waals surface area contributed by atoms with Crippen molar-refractivity contribution in [2.75, 3.05) is 0 Å². The summed E-state index contributed by atoms with van der Waals surface area (Å²) in [5.41, 5.74) is -0.626. The Kier molecular flexibility index (Phi) is 5.51. The van der Waals surface area contributed by atoms with Crippen LogP contribution in [0.1, 0.15) is 31.4 Å². The molecule has 0 radical (unpaired) electrons. The Labute approximate surface area is 186 Å². The van der Waals surface area contributed by atoms with Crippen LogP contribution in [0.3, 0.4) is 0 Å². The predicted octanol–water partition coefficient (Wildman–Crippen LogP) is 4.74. The number of rotatable bonds is 5. The Morgan fingerprint density at radius 2 is 1.76 bits per heavy atom. The summed E-state index contributed by atoms with van der Waals surface area (Å²) in [5, 5.41) is 16.2. The number of carbonyl (C=O) groups excluding carboxylic acids is 2. The Morgan fingerprint density at radius 1 is 1.06 bits per heavy atom. The first-order valence-corrected chi connectivity index (χ1v) is 10.2. The molecule has 33 heavy (non-hydrogen) atoms. The fourth-order valence-electron chi connectivity index (χ4n) is 3.83. The van der Waals surface area contributed by atoms with E-state index < -0.39 is 35.4 Å². The molecule has 1 fully saturated rings. The summed E-state index contributed by atoms with van der Waals surface area (Å²) >= 11 is 0. The first-order valence-electron chi connectivity index (χ1n) is 10.2. The molecule has 0 aliphatic heterocycles. The van der Waals surface area contributed by atoms with Crippen LogP contribution in [-0.2, 0) is 9.59 Å². The molecule has 0 heterocycles. The molecule has 3 N–H and O–H groups in total. The molecule has 1 atom stereocenters. The van der Waals surface area contributed by atoms with Gasteiger partial charge in [0.25, 0.3) is 0 Å². The highest BCUT2D eigenvalue weighted by atomic mass is 19.4. The van der Waals surface area contributed by atoms with Crippen molar-refractivity contribution in [3.8, 4) is 16.9 Å². The van der Waals surface area contributed by atoms with Crippen molar-refractivity contribution in [2.24, 2.45) is 0 Å². The number of alkyl halides is 3. The number of benzene rings is 3. The van der Waals surface area contributed by atoms with Gasteiger partial charge in [0.05, 0.1) is 6.04 Å². The summed E-state index contributed by atoms with van der Waals surface area (Å²) < 4.78 is 52.6. The maximum atomic E-state index is 15.0. The molecule has 3 aromatic carbocycles. The lowest BCUT2D eigenvalue weighted by molar-refractivity contribution is -0.175. The van der Waals surface area contributed by atoms with Crippen molar-refractivity contribution in [1.82, 2.24) is 10.6 Å². The number of aromatic hydroxyl groups is 1. The van der Waals surface area contributed by atoms with E-state index in [1.165, 1.54) is 25.1 Å². The summed E-state index contributed by atoms with van der Waals surface area (Å²) in [4.78, 5) is 23.7. The minimum atomic E-state index is -5.10. The number of halogens is 4. The van der Waals surface area contributed by atoms with Crippen molar-refractivity contribution >= 4 is 22.6 Å². The second kappa shape index (κ2) is 8.06. The number of fused-ring (bicyclic) bond motifs is 1. The monoisotopic (exact) mass is 460 g/mol. The van der Waals surface area contributed by atoms with Crippen LogP contribution in [0.5, 0.6) is 5.75 Å². The molecule has 172 valence electrons. The van der Waals surface area contributed by atoms with E-state index in [9.17, 15) is 32.3 Å². The molecular weight excluding hydrogens is 440 g/mol. The molecule has 4 rings (SSSR count). The normalized spacial score (nSPS) is 15.7. The van der Waals surface area contributed by atoms with Crippen molar-refractivity contribution in [3.63, 3.8) is 0 Å². The molecule has 0 bridgehead atoms. The third-order valence-electron chi connectivity index (χ3n) is 5.81. The zero-order valence-corrected chi connectivity index (χ0v) is 17.5. The smallest absolute Gasteiger partial charge is 0.471 e. The first kappa shape index (κ1) is 22.6. The topological polar surface area (TPSA) is 78.4 Å². The number of carbonyl (C=O) groups is 2. The van der Waals surface area contributed by atoms with Gasteiger partial charge in [0.1, 0.15) is 17.1 Å². The van der Waals surface area contributed by atoms with Gasteiger partial charge in [0.15, 0.2) is 0 Å². The number of phenols is 1. The van der Waals surface area contributed by atoms with Crippen molar-refractivity contribution in [2.45, 2.75) is 37.5 Å². The molecule has 1 aliphatic carbocycles. The third kappa shape index (κ3) is 4.35. The highest BCUT2D eigenvalue weighted by molar-refractivity contribution is 5.99. The van der Waals surface area contributed by atoms with Crippen LogP contribution in [-0.4, -0.2) is 28.6 Å². The van der Waals surface area contributed by atoms with Crippen molar-refractivity contribution in [3.05, 3.63) is 66.0 Å². The van der Waals surface area contributed by atoms with Gasteiger partial charge in [-0.25, -0.2) is 4.39 Å². The van der Waals surface area contributed by atoms with Crippen LogP contribution < -0.4 is 10.6 Å². The molecule has 1 aliphatic rings. The van der Waals surface area contributed by atoms with Crippen LogP contribution in [0.25, 0.3) is 21.9 Å². The quantitative estimate of drug-likeness (QED) is 0.482. The minimum Gasteiger partial charge on any atom is -0.507 e. The maximum absolute atomic E-state index is 15.0. The van der Waals surface area contributed by atoms with E-state index in [-0.39, 0.29) is 24.2 Å². The molecule has 2 amide bonds. The van der Waals surface area contributed by atoms with E-state index >= 15 is 0 Å². The van der Waals surface area contributed by atoms with Crippen LogP contribution in [0, 0.1) is 5.82 Å². The number of hydrogen-bond acceptors (Lipinski definition) is 3. The lowest BCUT2D eigenvalue weighted by Gasteiger charge is -2.22. The lowest BCUT2D eigenvalue weighted by atomic mass is 9.95. The molecule has 0 aromatic heterocycles. The molecule has 0 spiro atoms. The molecular formula is C24H20F4N2O3. The zero-order valence-electron chi connectivity index (χ0n) is 17.5. The van der Waals surface area contributed by atoms with Gasteiger partial charge in [-0.15, -0.1) is 0 Å². The average Bonchev–Trinajstić information content (AvgIpc) is 3.53. The van der Waals surface area contributed by atoms with Crippen LogP contribution in [0.4, 0.5) is 17.6 Å². The van der Waals surface area contributed by atoms with Gasteiger partial charge in [-0.3, -0.25) is 9.59 Å². The third-order valence-corrected chi connectivity index (χ3v) is 5.81. The molecule has 0 saturated heterocycles. The summed E-state index contributed by atoms with van der Waals surface area (Å²) in [6.07, 6.45) is -4.97. The highest BCUT2D eigenvalue weighted by Crippen LogP contribution is 2.39. The molecule has 9 heteroatoms. The van der Waals surface area contributed by atoms with Crippen LogP contribution in [0.15, 0.2) is 54.6 Å². The maximum Gasteiger partial charge on any atom is 0.471 e. The van der Waals surface area contributed by atoms with E-state index in [4.69, 9.17) is 0 Å². The Morgan fingerprint density at radius 3 is 2.39 bits per heavy atom. The van der Waals surface area contributed by atoms with Gasteiger partial charge < -0.3 is 15.7 Å². The van der Waals surface area contributed by atoms with Crippen molar-refractivity contribution < 1.29 is 32.3 Å². The SMILES string of the molecule is CC(NC(=O)C1(NC(=O)C(F)(F)F)CC1)c1ccc(-c2c(O)ccc3ccccc23)cc1F. The van der Waals surface area contributed by atoms with E-state index in [1.54, 1.807) is 23.5 Å². The minimum absolute atomic E-state index is 0.0155. The lowest BCUT2D eigenvalue weighted by Crippen LogP contribution is -2.53. The standard InChI is InChI=1S/C24H20F4N2O3/c1-13(29-21(32)23(10-11-23)30-22(33)24(26,27)28)16-8-6-15(12-18(16)25)20-17-5-3-2-4-14(17)7-9-19(20)31/h2-9,12-13,31H,10-11H2,1H3,(H,29,32)(H,30,33). The number of hydrogen-bond donors (Lipinski definition) is 3. The van der Waals surface area contributed by atoms with Crippen LogP contribution in [0.2, 0.25) is 0 Å². The van der Waals surface area contributed by atoms with Gasteiger partial charge in [-0.1, -0.05) is 42.5 Å². The Balaban J connectivity index is 1.55. The van der Waals surface area contributed by atoms with E-state index in [0.717, 1.165) is 10.8 Å². The van der Waals surface area contributed by atoms with Gasteiger partial charge in [-0.2, -0.15) is 13.2 Å². The largest absolute Gasteiger partial charge is 0.507 e. The second-order valence-corrected chi connectivity index (χ2v) is 8.15. The summed E-state index contributed by atoms with van der Waals surface area (Å²) in [7, 11) is 0. The predicted molar refractivity (Wildman–Crippen MR) is 114 cm³/mol. The zero-order chi connectivity index (χ0) is 24.0. The number of amides is 2. The van der Waals surface area contributed by atoms with E-state index in [1.807, 2.05) is 18.2 Å². The number of phenolic OH excluding ortho intramolecular Hbond substituents is 1. The van der Waals surface area contributed by atoms with Gasteiger partial charge in [0, 0.05) is 11.1 Å². The van der Waals surface area contributed by atoms with Crippen molar-refractivity contribution in [1.29, 1.82) is 0 Å². The summed E-state index contributed by atoms with van der Waals surface area (Å²) in [5.74, 6) is -3.66. The summed E-state index contributed by atoms with van der Waals surface area (Å²) in [6.45, 7) is 1.49. The van der Waals surface area contributed by atoms with Crippen LogP contribution >= 0.6 is 0 Å².